The first-order valence-electron chi connectivity index (χ1n) is 4.85. The van der Waals surface area contributed by atoms with Gasteiger partial charge in [-0.25, -0.2) is 4.79 Å². The molecule has 0 aliphatic carbocycles. The maximum absolute atomic E-state index is 10.5. The molecule has 0 saturated carbocycles. The number of carboxylic acid groups (broad SMARTS) is 1. The molecule has 0 heterocycles. The molecule has 0 fully saturated rings. The lowest BCUT2D eigenvalue weighted by Crippen LogP contribution is -2.04. The summed E-state index contributed by atoms with van der Waals surface area (Å²) >= 11 is 22.7. The molecule has 2 nitrogen and oxygen atoms in total. The van der Waals surface area contributed by atoms with E-state index in [4.69, 9.17) is 51.5 Å². The predicted octanol–water partition coefficient (Wildman–Crippen LogP) is 4.56. The maximum atomic E-state index is 10.5. The summed E-state index contributed by atoms with van der Waals surface area (Å²) in [7, 11) is 0. The molecule has 0 aliphatic rings. The second-order valence-corrected chi connectivity index (χ2v) is 6.61. The van der Waals surface area contributed by atoms with Gasteiger partial charge in [-0.1, -0.05) is 47.3 Å². The van der Waals surface area contributed by atoms with Gasteiger partial charge in [0.15, 0.2) is 3.79 Å². The zero-order valence-corrected chi connectivity index (χ0v) is 11.9. The number of allylic oxidation sites excluding steroid dienone is 1. The Labute approximate surface area is 116 Å². The Morgan fingerprint density at radius 3 is 2.38 bits per heavy atom. The monoisotopic (exact) mass is 306 g/mol. The summed E-state index contributed by atoms with van der Waals surface area (Å²) in [6.45, 7) is 1.51. The summed E-state index contributed by atoms with van der Waals surface area (Å²) in [5, 5.41) is 8.34. The third kappa shape index (κ3) is 9.59. The summed E-state index contributed by atoms with van der Waals surface area (Å²) in [6, 6.07) is 0. The molecule has 1 N–H and O–H groups in total. The molecule has 0 amide bonds. The molecule has 0 aromatic heterocycles. The smallest absolute Gasteiger partial charge is 0.330 e. The standard InChI is InChI=1S/C10H14Cl4O2/c1-7(9(15)16)6-8(11)4-2-3-5-10(12,13)14/h6,8H,2-5H2,1H3,(H,15,16). The third-order valence-electron chi connectivity index (χ3n) is 1.96. The van der Waals surface area contributed by atoms with Gasteiger partial charge < -0.3 is 5.11 Å². The van der Waals surface area contributed by atoms with E-state index >= 15 is 0 Å². The zero-order valence-electron chi connectivity index (χ0n) is 8.85. The second kappa shape index (κ2) is 7.65. The van der Waals surface area contributed by atoms with Gasteiger partial charge in [-0.2, -0.15) is 0 Å². The largest absolute Gasteiger partial charge is 0.478 e. The predicted molar refractivity (Wildman–Crippen MR) is 69.8 cm³/mol. The highest BCUT2D eigenvalue weighted by Crippen LogP contribution is 2.32. The van der Waals surface area contributed by atoms with Crippen LogP contribution >= 0.6 is 46.4 Å². The number of carbonyl (C=O) groups is 1. The van der Waals surface area contributed by atoms with Crippen molar-refractivity contribution in [1.29, 1.82) is 0 Å². The highest BCUT2D eigenvalue weighted by Gasteiger charge is 2.18. The SMILES string of the molecule is CC(=CC(Cl)CCCCC(Cl)(Cl)Cl)C(=O)O. The molecule has 0 aliphatic heterocycles. The molecule has 16 heavy (non-hydrogen) atoms. The van der Waals surface area contributed by atoms with Gasteiger partial charge in [-0.15, -0.1) is 11.6 Å². The van der Waals surface area contributed by atoms with E-state index in [1.807, 2.05) is 0 Å². The van der Waals surface area contributed by atoms with E-state index in [2.05, 4.69) is 0 Å². The number of hydrogen-bond donors (Lipinski definition) is 1. The highest BCUT2D eigenvalue weighted by molar-refractivity contribution is 6.67. The van der Waals surface area contributed by atoms with Crippen molar-refractivity contribution in [1.82, 2.24) is 0 Å². The molecular weight excluding hydrogens is 294 g/mol. The summed E-state index contributed by atoms with van der Waals surface area (Å²) in [4.78, 5) is 10.5. The summed E-state index contributed by atoms with van der Waals surface area (Å²) in [6.07, 6.45) is 4.22. The first-order chi connectivity index (χ1) is 7.22. The van der Waals surface area contributed by atoms with Crippen molar-refractivity contribution in [3.8, 4) is 0 Å². The van der Waals surface area contributed by atoms with E-state index in [9.17, 15) is 4.79 Å². The van der Waals surface area contributed by atoms with Crippen LogP contribution in [-0.4, -0.2) is 20.2 Å². The first kappa shape index (κ1) is 16.4. The number of carboxylic acids is 1. The molecule has 0 bridgehead atoms. The molecule has 1 atom stereocenters. The second-order valence-electron chi connectivity index (χ2n) is 3.53. The quantitative estimate of drug-likeness (QED) is 0.444. The minimum atomic E-state index is -1.21. The van der Waals surface area contributed by atoms with E-state index in [0.29, 0.717) is 12.8 Å². The molecule has 0 radical (unpaired) electrons. The van der Waals surface area contributed by atoms with Crippen molar-refractivity contribution in [2.24, 2.45) is 0 Å². The fourth-order valence-corrected chi connectivity index (χ4v) is 1.83. The van der Waals surface area contributed by atoms with Gasteiger partial charge in [0.05, 0.1) is 5.38 Å². The van der Waals surface area contributed by atoms with Gasteiger partial charge in [-0.05, 0) is 26.2 Å². The van der Waals surface area contributed by atoms with Gasteiger partial charge in [0.1, 0.15) is 0 Å². The van der Waals surface area contributed by atoms with Crippen LogP contribution in [-0.2, 0) is 4.79 Å². The Morgan fingerprint density at radius 1 is 1.38 bits per heavy atom. The van der Waals surface area contributed by atoms with E-state index in [-0.39, 0.29) is 11.0 Å². The lowest BCUT2D eigenvalue weighted by molar-refractivity contribution is -0.132. The molecular formula is C10H14Cl4O2. The lowest BCUT2D eigenvalue weighted by atomic mass is 10.1. The summed E-state index contributed by atoms with van der Waals surface area (Å²) in [5.41, 5.74) is 0.251. The van der Waals surface area contributed by atoms with Crippen molar-refractivity contribution in [2.75, 3.05) is 0 Å². The van der Waals surface area contributed by atoms with Crippen LogP contribution < -0.4 is 0 Å². The Bertz CT molecular complexity index is 258. The van der Waals surface area contributed by atoms with Crippen LogP contribution in [0.15, 0.2) is 11.6 Å². The van der Waals surface area contributed by atoms with Crippen LogP contribution in [0.1, 0.15) is 32.6 Å². The number of halogens is 4. The number of aliphatic carboxylic acids is 1. The Hall–Kier alpha value is 0.370. The van der Waals surface area contributed by atoms with Gasteiger partial charge >= 0.3 is 5.97 Å². The van der Waals surface area contributed by atoms with Crippen molar-refractivity contribution in [2.45, 2.75) is 41.8 Å². The molecule has 0 spiro atoms. The number of unbranched alkanes of at least 4 members (excludes halogenated alkanes) is 1. The Morgan fingerprint density at radius 2 is 1.94 bits per heavy atom. The fourth-order valence-electron chi connectivity index (χ4n) is 1.09. The van der Waals surface area contributed by atoms with Crippen LogP contribution in [0.3, 0.4) is 0 Å². The van der Waals surface area contributed by atoms with Gasteiger partial charge in [0, 0.05) is 5.57 Å². The van der Waals surface area contributed by atoms with Crippen molar-refractivity contribution < 1.29 is 9.90 Å². The Kier molecular flexibility index (Phi) is 7.83. The van der Waals surface area contributed by atoms with Gasteiger partial charge in [0.25, 0.3) is 0 Å². The van der Waals surface area contributed by atoms with Crippen LogP contribution in [0.5, 0.6) is 0 Å². The Balaban J connectivity index is 3.79. The average Bonchev–Trinajstić information content (AvgIpc) is 2.10. The summed E-state index contributed by atoms with van der Waals surface area (Å²) < 4.78 is -1.21. The normalized spacial score (nSPS) is 14.9. The minimum Gasteiger partial charge on any atom is -0.478 e. The average molecular weight is 308 g/mol. The van der Waals surface area contributed by atoms with E-state index < -0.39 is 9.76 Å². The number of rotatable bonds is 6. The van der Waals surface area contributed by atoms with E-state index in [0.717, 1.165) is 12.8 Å². The topological polar surface area (TPSA) is 37.3 Å². The molecule has 0 aromatic rings. The van der Waals surface area contributed by atoms with Crippen LogP contribution in [0.2, 0.25) is 0 Å². The fraction of sp³-hybridized carbons (Fsp3) is 0.700. The lowest BCUT2D eigenvalue weighted by Gasteiger charge is -2.10. The number of alkyl halides is 4. The third-order valence-corrected chi connectivity index (χ3v) is 2.87. The van der Waals surface area contributed by atoms with Crippen molar-refractivity contribution >= 4 is 52.4 Å². The molecule has 94 valence electrons. The summed E-state index contributed by atoms with van der Waals surface area (Å²) in [5.74, 6) is -0.952. The molecule has 0 aromatic carbocycles. The molecule has 1 unspecified atom stereocenters. The van der Waals surface area contributed by atoms with E-state index in [1.165, 1.54) is 13.0 Å². The minimum absolute atomic E-state index is 0.251. The molecule has 6 heteroatoms. The molecule has 0 rings (SSSR count). The van der Waals surface area contributed by atoms with Crippen LogP contribution in [0, 0.1) is 0 Å². The van der Waals surface area contributed by atoms with Gasteiger partial charge in [0.2, 0.25) is 0 Å². The van der Waals surface area contributed by atoms with E-state index in [1.54, 1.807) is 0 Å². The van der Waals surface area contributed by atoms with Crippen LogP contribution in [0.25, 0.3) is 0 Å². The molecule has 0 saturated heterocycles. The first-order valence-corrected chi connectivity index (χ1v) is 6.42. The number of hydrogen-bond acceptors (Lipinski definition) is 1. The zero-order chi connectivity index (χ0) is 12.8. The highest BCUT2D eigenvalue weighted by atomic mass is 35.6. The van der Waals surface area contributed by atoms with Crippen LogP contribution in [0.4, 0.5) is 0 Å². The van der Waals surface area contributed by atoms with Crippen molar-refractivity contribution in [3.05, 3.63) is 11.6 Å². The van der Waals surface area contributed by atoms with Gasteiger partial charge in [-0.3, -0.25) is 0 Å². The maximum Gasteiger partial charge on any atom is 0.330 e. The van der Waals surface area contributed by atoms with Crippen molar-refractivity contribution in [3.63, 3.8) is 0 Å².